The lowest BCUT2D eigenvalue weighted by Crippen LogP contribution is -2.43. The molecule has 2 rings (SSSR count). The third-order valence-corrected chi connectivity index (χ3v) is 4.60. The number of anilines is 1. The minimum atomic E-state index is -1.08. The van der Waals surface area contributed by atoms with Crippen molar-refractivity contribution in [1.29, 1.82) is 0 Å². The van der Waals surface area contributed by atoms with Gasteiger partial charge in [-0.15, -0.1) is 0 Å². The molecule has 1 fully saturated rings. The van der Waals surface area contributed by atoms with Gasteiger partial charge in [0, 0.05) is 31.1 Å². The Kier molecular flexibility index (Phi) is 7.04. The Morgan fingerprint density at radius 1 is 1.33 bits per heavy atom. The van der Waals surface area contributed by atoms with Crippen molar-refractivity contribution in [3.05, 3.63) is 23.2 Å². The third-order valence-electron chi connectivity index (χ3n) is 4.36. The van der Waals surface area contributed by atoms with Crippen LogP contribution in [0, 0.1) is 5.92 Å². The summed E-state index contributed by atoms with van der Waals surface area (Å²) in [6.07, 6.45) is 0.0204. The molecule has 1 aliphatic rings. The average molecular weight is 398 g/mol. The summed E-state index contributed by atoms with van der Waals surface area (Å²) in [7, 11) is 5.18. The average Bonchev–Trinajstić information content (AvgIpc) is 2.99. The van der Waals surface area contributed by atoms with Crippen molar-refractivity contribution >= 4 is 35.1 Å². The Hall–Kier alpha value is -2.32. The fourth-order valence-electron chi connectivity index (χ4n) is 2.99. The second-order valence-electron chi connectivity index (χ2n) is 6.68. The third kappa shape index (κ3) is 5.33. The van der Waals surface area contributed by atoms with Crippen molar-refractivity contribution in [2.75, 3.05) is 52.3 Å². The number of nitrogens with zero attached hydrogens (tertiary/aromatic N) is 3. The van der Waals surface area contributed by atoms with Crippen LogP contribution in [-0.2, 0) is 14.4 Å². The molecule has 0 bridgehead atoms. The standard InChI is InChI=1S/C18H24ClN3O5/c1-20(2)6-7-21(11-17(24)25)18(26)12-8-16(23)22(10-12)14-9-13(19)4-5-15(14)27-3/h4-5,9,12H,6-8,10-11H2,1-3H3,(H,24,25)/t12-/m1/s1. The number of methoxy groups -OCH3 is 1. The first kappa shape index (κ1) is 21.0. The highest BCUT2D eigenvalue weighted by molar-refractivity contribution is 6.31. The van der Waals surface area contributed by atoms with Gasteiger partial charge in [0.25, 0.3) is 0 Å². The Balaban J connectivity index is 2.18. The summed E-state index contributed by atoms with van der Waals surface area (Å²) in [5.41, 5.74) is 0.503. The van der Waals surface area contributed by atoms with Crippen LogP contribution in [0.15, 0.2) is 18.2 Å². The number of benzene rings is 1. The van der Waals surface area contributed by atoms with E-state index in [0.29, 0.717) is 23.0 Å². The smallest absolute Gasteiger partial charge is 0.323 e. The van der Waals surface area contributed by atoms with Crippen LogP contribution < -0.4 is 9.64 Å². The Morgan fingerprint density at radius 2 is 2.04 bits per heavy atom. The van der Waals surface area contributed by atoms with E-state index in [1.165, 1.54) is 16.9 Å². The lowest BCUT2D eigenvalue weighted by atomic mass is 10.1. The zero-order chi connectivity index (χ0) is 20.1. The summed E-state index contributed by atoms with van der Waals surface area (Å²) in [6.45, 7) is 0.582. The maximum Gasteiger partial charge on any atom is 0.323 e. The molecular weight excluding hydrogens is 374 g/mol. The molecule has 1 aromatic carbocycles. The molecule has 1 aliphatic heterocycles. The number of carbonyl (C=O) groups excluding carboxylic acids is 2. The van der Waals surface area contributed by atoms with Crippen LogP contribution in [0.4, 0.5) is 5.69 Å². The monoisotopic (exact) mass is 397 g/mol. The first-order valence-corrected chi connectivity index (χ1v) is 8.90. The summed E-state index contributed by atoms with van der Waals surface area (Å²) in [5.74, 6) is -1.77. The summed E-state index contributed by atoms with van der Waals surface area (Å²) >= 11 is 6.04. The van der Waals surface area contributed by atoms with Crippen molar-refractivity contribution in [3.8, 4) is 5.75 Å². The van der Waals surface area contributed by atoms with Gasteiger partial charge in [-0.25, -0.2) is 0 Å². The molecule has 0 unspecified atom stereocenters. The van der Waals surface area contributed by atoms with E-state index in [1.54, 1.807) is 18.2 Å². The molecule has 1 N–H and O–H groups in total. The molecule has 148 valence electrons. The van der Waals surface area contributed by atoms with Gasteiger partial charge in [0.2, 0.25) is 11.8 Å². The van der Waals surface area contributed by atoms with Crippen molar-refractivity contribution in [3.63, 3.8) is 0 Å². The SMILES string of the molecule is COc1ccc(Cl)cc1N1C[C@H](C(=O)N(CCN(C)C)CC(=O)O)CC1=O. The molecule has 0 radical (unpaired) electrons. The minimum absolute atomic E-state index is 0.0204. The van der Waals surface area contributed by atoms with E-state index in [9.17, 15) is 14.4 Å². The van der Waals surface area contributed by atoms with Crippen molar-refractivity contribution in [1.82, 2.24) is 9.80 Å². The molecule has 1 saturated heterocycles. The number of carboxylic acids is 1. The van der Waals surface area contributed by atoms with E-state index in [-0.39, 0.29) is 31.3 Å². The Bertz CT molecular complexity index is 725. The maximum atomic E-state index is 12.8. The van der Waals surface area contributed by atoms with Gasteiger partial charge in [-0.2, -0.15) is 0 Å². The van der Waals surface area contributed by atoms with Crippen LogP contribution >= 0.6 is 11.6 Å². The predicted molar refractivity (Wildman–Crippen MR) is 101 cm³/mol. The van der Waals surface area contributed by atoms with Crippen LogP contribution in [0.3, 0.4) is 0 Å². The van der Waals surface area contributed by atoms with E-state index in [0.717, 1.165) is 0 Å². The zero-order valence-electron chi connectivity index (χ0n) is 15.6. The quantitative estimate of drug-likeness (QED) is 0.708. The molecule has 1 aromatic rings. The molecule has 9 heteroatoms. The second-order valence-corrected chi connectivity index (χ2v) is 7.11. The minimum Gasteiger partial charge on any atom is -0.495 e. The van der Waals surface area contributed by atoms with Crippen molar-refractivity contribution in [2.45, 2.75) is 6.42 Å². The van der Waals surface area contributed by atoms with Gasteiger partial charge in [0.15, 0.2) is 0 Å². The van der Waals surface area contributed by atoms with Gasteiger partial charge in [-0.1, -0.05) is 11.6 Å². The summed E-state index contributed by atoms with van der Waals surface area (Å²) in [5, 5.41) is 9.56. The molecule has 8 nitrogen and oxygen atoms in total. The molecule has 0 aliphatic carbocycles. The van der Waals surface area contributed by atoms with Gasteiger partial charge in [-0.3, -0.25) is 14.4 Å². The van der Waals surface area contributed by atoms with Crippen LogP contribution in [0.25, 0.3) is 0 Å². The van der Waals surface area contributed by atoms with E-state index in [1.807, 2.05) is 19.0 Å². The molecule has 27 heavy (non-hydrogen) atoms. The topological polar surface area (TPSA) is 90.4 Å². The van der Waals surface area contributed by atoms with Crippen LogP contribution in [0.1, 0.15) is 6.42 Å². The highest BCUT2D eigenvalue weighted by atomic mass is 35.5. The van der Waals surface area contributed by atoms with Crippen molar-refractivity contribution < 1.29 is 24.2 Å². The lowest BCUT2D eigenvalue weighted by molar-refractivity contribution is -0.146. The van der Waals surface area contributed by atoms with E-state index in [4.69, 9.17) is 21.4 Å². The first-order valence-electron chi connectivity index (χ1n) is 8.52. The summed E-state index contributed by atoms with van der Waals surface area (Å²) < 4.78 is 5.29. The predicted octanol–water partition coefficient (Wildman–Crippen LogP) is 1.18. The van der Waals surface area contributed by atoms with Gasteiger partial charge in [0.05, 0.1) is 18.7 Å². The van der Waals surface area contributed by atoms with Crippen molar-refractivity contribution in [2.24, 2.45) is 5.92 Å². The Morgan fingerprint density at radius 3 is 2.63 bits per heavy atom. The molecule has 1 atom stereocenters. The van der Waals surface area contributed by atoms with E-state index >= 15 is 0 Å². The Labute approximate surface area is 163 Å². The second kappa shape index (κ2) is 9.05. The molecule has 2 amide bonds. The van der Waals surface area contributed by atoms with Gasteiger partial charge >= 0.3 is 5.97 Å². The van der Waals surface area contributed by atoms with Crippen LogP contribution in [0.5, 0.6) is 5.75 Å². The van der Waals surface area contributed by atoms with Crippen LogP contribution in [0.2, 0.25) is 5.02 Å². The number of hydrogen-bond acceptors (Lipinski definition) is 5. The molecular formula is C18H24ClN3O5. The van der Waals surface area contributed by atoms with Gasteiger partial charge < -0.3 is 24.5 Å². The number of carboxylic acid groups (broad SMARTS) is 1. The summed E-state index contributed by atoms with van der Waals surface area (Å²) in [6, 6.07) is 4.93. The fraction of sp³-hybridized carbons (Fsp3) is 0.500. The number of halogens is 1. The fourth-order valence-corrected chi connectivity index (χ4v) is 3.16. The number of likely N-dealkylation sites (N-methyl/N-ethyl adjacent to an activating group) is 1. The number of carbonyl (C=O) groups is 3. The molecule has 0 saturated carbocycles. The molecule has 0 aromatic heterocycles. The maximum absolute atomic E-state index is 12.8. The lowest BCUT2D eigenvalue weighted by Gasteiger charge is -2.25. The number of amides is 2. The summed E-state index contributed by atoms with van der Waals surface area (Å²) in [4.78, 5) is 41.1. The zero-order valence-corrected chi connectivity index (χ0v) is 16.4. The number of hydrogen-bond donors (Lipinski definition) is 1. The van der Waals surface area contributed by atoms with Crippen LogP contribution in [-0.4, -0.2) is 80.1 Å². The highest BCUT2D eigenvalue weighted by Crippen LogP contribution is 2.35. The van der Waals surface area contributed by atoms with Gasteiger partial charge in [0.1, 0.15) is 12.3 Å². The highest BCUT2D eigenvalue weighted by Gasteiger charge is 2.38. The molecule has 0 spiro atoms. The van der Waals surface area contributed by atoms with E-state index < -0.39 is 18.4 Å². The normalized spacial score (nSPS) is 16.7. The van der Waals surface area contributed by atoms with E-state index in [2.05, 4.69) is 0 Å². The molecule has 1 heterocycles. The largest absolute Gasteiger partial charge is 0.495 e. The number of aliphatic carboxylic acids is 1. The number of rotatable bonds is 8. The van der Waals surface area contributed by atoms with Gasteiger partial charge in [-0.05, 0) is 32.3 Å². The number of ether oxygens (including phenoxy) is 1. The first-order chi connectivity index (χ1) is 12.7.